The first-order valence-corrected chi connectivity index (χ1v) is 32.0. The summed E-state index contributed by atoms with van der Waals surface area (Å²) in [6.45, 7) is 14.1. The van der Waals surface area contributed by atoms with E-state index in [0.717, 1.165) is 77.0 Å². The van der Waals surface area contributed by atoms with Crippen molar-refractivity contribution in [2.24, 2.45) is 0 Å². The first kappa shape index (κ1) is 53.7. The zero-order chi connectivity index (χ0) is 57.1. The van der Waals surface area contributed by atoms with Crippen molar-refractivity contribution >= 4 is 43.1 Å². The molecule has 0 saturated heterocycles. The fraction of sp³-hybridized carbons (Fsp3) is 0.238. The Labute approximate surface area is 499 Å². The van der Waals surface area contributed by atoms with Gasteiger partial charge >= 0.3 is 0 Å². The van der Waals surface area contributed by atoms with Crippen LogP contribution in [0.25, 0.3) is 121 Å². The summed E-state index contributed by atoms with van der Waals surface area (Å²) >= 11 is 0. The summed E-state index contributed by atoms with van der Waals surface area (Å²) in [6.07, 6.45) is 13.4. The average molecular weight is 1090 g/mol. The van der Waals surface area contributed by atoms with Crippen LogP contribution in [0.2, 0.25) is 0 Å². The summed E-state index contributed by atoms with van der Waals surface area (Å²) in [6, 6.07) is 85.7. The van der Waals surface area contributed by atoms with Gasteiger partial charge in [0.05, 0.1) is 0 Å². The summed E-state index contributed by atoms with van der Waals surface area (Å²) in [5.41, 5.74) is 27.4. The van der Waals surface area contributed by atoms with Gasteiger partial charge in [-0.05, 0) is 217 Å². The van der Waals surface area contributed by atoms with Crippen LogP contribution in [0.4, 0.5) is 0 Å². The van der Waals surface area contributed by atoms with E-state index < -0.39 is 0 Å². The molecule has 0 unspecified atom stereocenters. The van der Waals surface area contributed by atoms with Crippen molar-refractivity contribution in [2.45, 2.75) is 129 Å². The van der Waals surface area contributed by atoms with Gasteiger partial charge in [-0.3, -0.25) is 0 Å². The van der Waals surface area contributed by atoms with Crippen molar-refractivity contribution < 1.29 is 0 Å². The second-order valence-corrected chi connectivity index (χ2v) is 24.8. The highest BCUT2D eigenvalue weighted by atomic mass is 14.5. The second-order valence-electron chi connectivity index (χ2n) is 24.8. The molecule has 0 aromatic heterocycles. The Bertz CT molecular complexity index is 4070. The molecule has 0 atom stereocenters. The van der Waals surface area contributed by atoms with Gasteiger partial charge in [-0.2, -0.15) is 0 Å². The number of fused-ring (bicyclic) bond motifs is 10. The molecule has 0 aliphatic heterocycles. The van der Waals surface area contributed by atoms with Crippen molar-refractivity contribution in [3.63, 3.8) is 0 Å². The van der Waals surface area contributed by atoms with Gasteiger partial charge in [0.15, 0.2) is 0 Å². The fourth-order valence-corrected chi connectivity index (χ4v) is 16.4. The Balaban J connectivity index is 0.879. The summed E-state index contributed by atoms with van der Waals surface area (Å²) in [5.74, 6) is 0. The van der Waals surface area contributed by atoms with Crippen LogP contribution in [0, 0.1) is 0 Å². The standard InChI is InChI=1S/C84H78/c1-7-21-55-31-35-57(36-32-55)79-67-23-13-17-27-71(67)81(72-28-18-14-24-68(72)79)61-41-45-65-63-43-39-59(51-75(63)83(47-9-3,48-10-4)77(65)53-61)60-40-44-64-66-46-42-62(54-78(66)84(49-11-5,50-12-6)76(64)52-60)82-73-29-19-15-25-69(73)80(70-26-16-20-30-74(70)82)58-37-33-56(22-8-2)34-38-58/h13-20,23-46,51-54H,7-12,21-22,47-50H2,1-6H3. The van der Waals surface area contributed by atoms with Crippen molar-refractivity contribution in [3.05, 3.63) is 252 Å². The molecule has 0 amide bonds. The number of hydrogen-bond acceptors (Lipinski definition) is 0. The minimum Gasteiger partial charge on any atom is -0.0653 e. The molecule has 0 saturated carbocycles. The van der Waals surface area contributed by atoms with Gasteiger partial charge in [-0.15, -0.1) is 0 Å². The van der Waals surface area contributed by atoms with Gasteiger partial charge in [0, 0.05) is 10.8 Å². The van der Waals surface area contributed by atoms with E-state index in [1.165, 1.54) is 154 Å². The van der Waals surface area contributed by atoms with Gasteiger partial charge in [-0.25, -0.2) is 0 Å². The molecular formula is C84H78. The highest BCUT2D eigenvalue weighted by molar-refractivity contribution is 6.23. The van der Waals surface area contributed by atoms with Gasteiger partial charge in [0.25, 0.3) is 0 Å². The lowest BCUT2D eigenvalue weighted by Gasteiger charge is -2.33. The zero-order valence-electron chi connectivity index (χ0n) is 50.3. The summed E-state index contributed by atoms with van der Waals surface area (Å²) in [4.78, 5) is 0. The minimum atomic E-state index is -0.102. The van der Waals surface area contributed by atoms with Crippen molar-refractivity contribution in [1.82, 2.24) is 0 Å². The predicted octanol–water partition coefficient (Wildman–Crippen LogP) is 24.3. The van der Waals surface area contributed by atoms with E-state index in [1.807, 2.05) is 0 Å². The maximum Gasteiger partial charge on any atom is 0.0215 e. The van der Waals surface area contributed by atoms with Crippen LogP contribution in [0.5, 0.6) is 0 Å². The molecule has 0 nitrogen and oxygen atoms in total. The average Bonchev–Trinajstić information content (AvgIpc) is 2.30. The molecule has 12 aromatic carbocycles. The summed E-state index contributed by atoms with van der Waals surface area (Å²) < 4.78 is 0. The molecule has 0 spiro atoms. The number of aryl methyl sites for hydroxylation is 2. The van der Waals surface area contributed by atoms with Gasteiger partial charge in [-0.1, -0.05) is 274 Å². The maximum atomic E-state index is 2.63. The summed E-state index contributed by atoms with van der Waals surface area (Å²) in [5, 5.41) is 10.5. The molecular weight excluding hydrogens is 1010 g/mol. The first-order chi connectivity index (χ1) is 41.4. The molecule has 2 aliphatic carbocycles. The number of benzene rings is 12. The zero-order valence-corrected chi connectivity index (χ0v) is 50.3. The maximum absolute atomic E-state index is 2.63. The molecule has 84 heavy (non-hydrogen) atoms. The van der Waals surface area contributed by atoms with E-state index in [1.54, 1.807) is 0 Å². The smallest absolute Gasteiger partial charge is 0.0215 e. The lowest BCUT2D eigenvalue weighted by atomic mass is 9.70. The van der Waals surface area contributed by atoms with Crippen LogP contribution in [-0.4, -0.2) is 0 Å². The molecule has 12 aromatic rings. The third kappa shape index (κ3) is 8.52. The van der Waals surface area contributed by atoms with E-state index >= 15 is 0 Å². The molecule has 0 radical (unpaired) electrons. The quantitative estimate of drug-likeness (QED) is 0.0797. The molecule has 0 bridgehead atoms. The SMILES string of the molecule is CCCc1ccc(-c2c3ccccc3c(-c3ccc4c(c3)C(CCC)(CCC)c3cc(-c5ccc6c(c5)C(CCC)(CCC)c5cc(-c7c8ccccc8c(-c8ccc(CCC)cc8)c8ccccc78)ccc5-6)ccc3-4)c3ccccc23)cc1. The van der Waals surface area contributed by atoms with E-state index in [-0.39, 0.29) is 10.8 Å². The van der Waals surface area contributed by atoms with Crippen molar-refractivity contribution in [1.29, 1.82) is 0 Å². The Morgan fingerprint density at radius 3 is 0.702 bits per heavy atom. The lowest BCUT2D eigenvalue weighted by molar-refractivity contribution is 0.435. The van der Waals surface area contributed by atoms with Crippen LogP contribution in [0.3, 0.4) is 0 Å². The monoisotopic (exact) mass is 1090 g/mol. The molecule has 0 fully saturated rings. The Kier molecular flexibility index (Phi) is 14.1. The largest absolute Gasteiger partial charge is 0.0653 e. The molecule has 2 aliphatic rings. The Morgan fingerprint density at radius 2 is 0.452 bits per heavy atom. The van der Waals surface area contributed by atoms with E-state index in [4.69, 9.17) is 0 Å². The minimum absolute atomic E-state index is 0.102. The molecule has 414 valence electrons. The predicted molar refractivity (Wildman–Crippen MR) is 364 cm³/mol. The number of hydrogen-bond donors (Lipinski definition) is 0. The van der Waals surface area contributed by atoms with Crippen LogP contribution in [-0.2, 0) is 23.7 Å². The molecule has 0 N–H and O–H groups in total. The van der Waals surface area contributed by atoms with Crippen LogP contribution < -0.4 is 0 Å². The van der Waals surface area contributed by atoms with E-state index in [9.17, 15) is 0 Å². The Hall–Kier alpha value is -8.32. The van der Waals surface area contributed by atoms with Crippen LogP contribution in [0.15, 0.2) is 218 Å². The molecule has 14 rings (SSSR count). The van der Waals surface area contributed by atoms with E-state index in [2.05, 4.69) is 260 Å². The first-order valence-electron chi connectivity index (χ1n) is 32.0. The lowest BCUT2D eigenvalue weighted by Crippen LogP contribution is -2.25. The highest BCUT2D eigenvalue weighted by Crippen LogP contribution is 2.59. The third-order valence-electron chi connectivity index (χ3n) is 19.8. The van der Waals surface area contributed by atoms with Crippen LogP contribution >= 0.6 is 0 Å². The highest BCUT2D eigenvalue weighted by Gasteiger charge is 2.44. The topological polar surface area (TPSA) is 0 Å². The van der Waals surface area contributed by atoms with Gasteiger partial charge < -0.3 is 0 Å². The van der Waals surface area contributed by atoms with Crippen molar-refractivity contribution in [2.75, 3.05) is 0 Å². The van der Waals surface area contributed by atoms with Gasteiger partial charge in [0.1, 0.15) is 0 Å². The normalized spacial score (nSPS) is 13.6. The number of rotatable bonds is 17. The molecule has 0 heteroatoms. The van der Waals surface area contributed by atoms with E-state index in [0.29, 0.717) is 0 Å². The summed E-state index contributed by atoms with van der Waals surface area (Å²) in [7, 11) is 0. The fourth-order valence-electron chi connectivity index (χ4n) is 16.4. The second kappa shape index (κ2) is 22.0. The Morgan fingerprint density at radius 1 is 0.226 bits per heavy atom. The van der Waals surface area contributed by atoms with Gasteiger partial charge in [0.2, 0.25) is 0 Å². The molecule has 0 heterocycles. The van der Waals surface area contributed by atoms with Crippen molar-refractivity contribution in [3.8, 4) is 77.9 Å². The van der Waals surface area contributed by atoms with Crippen LogP contribution in [0.1, 0.15) is 139 Å². The third-order valence-corrected chi connectivity index (χ3v) is 19.8.